The molecule has 0 unspecified atom stereocenters. The van der Waals surface area contributed by atoms with Gasteiger partial charge in [-0.3, -0.25) is 14.6 Å². The van der Waals surface area contributed by atoms with Crippen molar-refractivity contribution in [2.24, 2.45) is 5.92 Å². The molecule has 0 bridgehead atoms. The minimum atomic E-state index is -0.108. The molecule has 0 aromatic carbocycles. The average Bonchev–Trinajstić information content (AvgIpc) is 2.48. The van der Waals surface area contributed by atoms with Crippen molar-refractivity contribution in [1.29, 1.82) is 0 Å². The molecule has 1 aliphatic rings. The first-order valence-electron chi connectivity index (χ1n) is 7.42. The summed E-state index contributed by atoms with van der Waals surface area (Å²) in [5, 5.41) is 2.93. The van der Waals surface area contributed by atoms with E-state index in [0.29, 0.717) is 11.3 Å². The predicted octanol–water partition coefficient (Wildman–Crippen LogP) is 2.98. The van der Waals surface area contributed by atoms with Gasteiger partial charge in [-0.2, -0.15) is 0 Å². The Morgan fingerprint density at radius 2 is 2.00 bits per heavy atom. The van der Waals surface area contributed by atoms with Gasteiger partial charge in [-0.1, -0.05) is 32.1 Å². The van der Waals surface area contributed by atoms with Crippen LogP contribution in [-0.4, -0.2) is 23.2 Å². The summed E-state index contributed by atoms with van der Waals surface area (Å²) >= 11 is 0. The smallest absolute Gasteiger partial charge is 0.252 e. The van der Waals surface area contributed by atoms with Gasteiger partial charge in [0.25, 0.3) is 5.91 Å². The molecule has 108 valence electrons. The van der Waals surface area contributed by atoms with E-state index in [9.17, 15) is 9.59 Å². The number of pyridine rings is 1. The lowest BCUT2D eigenvalue weighted by Crippen LogP contribution is -2.26. The number of amides is 1. The number of hydrogen-bond acceptors (Lipinski definition) is 3. The van der Waals surface area contributed by atoms with Crippen LogP contribution >= 0.6 is 0 Å². The third-order valence-electron chi connectivity index (χ3n) is 3.95. The molecule has 1 saturated carbocycles. The minimum Gasteiger partial charge on any atom is -0.352 e. The maximum absolute atomic E-state index is 11.9. The second kappa shape index (κ2) is 7.17. The van der Waals surface area contributed by atoms with Gasteiger partial charge in [-0.15, -0.1) is 0 Å². The van der Waals surface area contributed by atoms with E-state index in [0.717, 1.165) is 18.9 Å². The quantitative estimate of drug-likeness (QED) is 0.840. The van der Waals surface area contributed by atoms with Crippen LogP contribution < -0.4 is 5.32 Å². The highest BCUT2D eigenvalue weighted by Crippen LogP contribution is 2.25. The predicted molar refractivity (Wildman–Crippen MR) is 77.8 cm³/mol. The Kier molecular flexibility index (Phi) is 5.27. The number of ketones is 1. The van der Waals surface area contributed by atoms with Crippen molar-refractivity contribution < 1.29 is 9.59 Å². The molecule has 0 aliphatic heterocycles. The van der Waals surface area contributed by atoms with Gasteiger partial charge >= 0.3 is 0 Å². The summed E-state index contributed by atoms with van der Waals surface area (Å²) < 4.78 is 0. The highest BCUT2D eigenvalue weighted by Gasteiger charge is 2.14. The molecule has 0 spiro atoms. The van der Waals surface area contributed by atoms with E-state index < -0.39 is 0 Å². The molecule has 0 atom stereocenters. The summed E-state index contributed by atoms with van der Waals surface area (Å²) in [5.74, 6) is 0.569. The molecule has 0 saturated heterocycles. The molecule has 1 aromatic rings. The maximum Gasteiger partial charge on any atom is 0.252 e. The molecule has 1 aromatic heterocycles. The van der Waals surface area contributed by atoms with Crippen LogP contribution in [0.3, 0.4) is 0 Å². The molecule has 20 heavy (non-hydrogen) atoms. The molecule has 4 nitrogen and oxygen atoms in total. The van der Waals surface area contributed by atoms with Crippen LogP contribution in [0.5, 0.6) is 0 Å². The summed E-state index contributed by atoms with van der Waals surface area (Å²) in [4.78, 5) is 27.0. The summed E-state index contributed by atoms with van der Waals surface area (Å²) in [7, 11) is 0. The van der Waals surface area contributed by atoms with Crippen molar-refractivity contribution >= 4 is 11.7 Å². The van der Waals surface area contributed by atoms with E-state index in [4.69, 9.17) is 0 Å². The molecule has 1 N–H and O–H groups in total. The first kappa shape index (κ1) is 14.7. The van der Waals surface area contributed by atoms with Crippen LogP contribution in [0, 0.1) is 5.92 Å². The number of carbonyl (C=O) groups excluding carboxylic acids is 2. The van der Waals surface area contributed by atoms with E-state index in [1.54, 1.807) is 12.1 Å². The number of rotatable bonds is 5. The van der Waals surface area contributed by atoms with Crippen molar-refractivity contribution in [1.82, 2.24) is 10.3 Å². The standard InChI is InChI=1S/C16H22N2O2/c1-12(19)15-8-7-14(11-18-15)16(20)17-10-9-13-5-3-2-4-6-13/h7-8,11,13H,2-6,9-10H2,1H3,(H,17,20). The summed E-state index contributed by atoms with van der Waals surface area (Å²) in [5.41, 5.74) is 0.905. The van der Waals surface area contributed by atoms with Crippen LogP contribution in [0.1, 0.15) is 66.3 Å². The van der Waals surface area contributed by atoms with Gasteiger partial charge in [-0.25, -0.2) is 0 Å². The maximum atomic E-state index is 11.9. The number of hydrogen-bond donors (Lipinski definition) is 1. The Morgan fingerprint density at radius 3 is 2.60 bits per heavy atom. The number of nitrogens with zero attached hydrogens (tertiary/aromatic N) is 1. The SMILES string of the molecule is CC(=O)c1ccc(C(=O)NCCC2CCCCC2)cn1. The van der Waals surface area contributed by atoms with Gasteiger partial charge < -0.3 is 5.32 Å². The summed E-state index contributed by atoms with van der Waals surface area (Å²) in [6.07, 6.45) is 9.13. The Hall–Kier alpha value is -1.71. The minimum absolute atomic E-state index is 0.0887. The largest absolute Gasteiger partial charge is 0.352 e. The molecule has 2 rings (SSSR count). The molecule has 1 heterocycles. The van der Waals surface area contributed by atoms with Gasteiger partial charge in [0.15, 0.2) is 5.78 Å². The third kappa shape index (κ3) is 4.15. The fraction of sp³-hybridized carbons (Fsp3) is 0.562. The van der Waals surface area contributed by atoms with Crippen molar-refractivity contribution in [2.45, 2.75) is 45.4 Å². The van der Waals surface area contributed by atoms with Gasteiger partial charge in [-0.05, 0) is 24.5 Å². The van der Waals surface area contributed by atoms with Crippen LogP contribution in [0.15, 0.2) is 18.3 Å². The van der Waals surface area contributed by atoms with Crippen LogP contribution in [-0.2, 0) is 0 Å². The van der Waals surface area contributed by atoms with Gasteiger partial charge in [0, 0.05) is 19.7 Å². The van der Waals surface area contributed by atoms with Gasteiger partial charge in [0.1, 0.15) is 5.69 Å². The number of aromatic nitrogens is 1. The number of carbonyl (C=O) groups is 2. The van der Waals surface area contributed by atoms with E-state index in [1.165, 1.54) is 45.2 Å². The van der Waals surface area contributed by atoms with Crippen LogP contribution in [0.4, 0.5) is 0 Å². The third-order valence-corrected chi connectivity index (χ3v) is 3.95. The Bertz CT molecular complexity index is 462. The fourth-order valence-corrected chi connectivity index (χ4v) is 2.70. The molecule has 1 aliphatic carbocycles. The molecule has 1 fully saturated rings. The Labute approximate surface area is 120 Å². The van der Waals surface area contributed by atoms with Crippen molar-refractivity contribution in [3.63, 3.8) is 0 Å². The zero-order valence-electron chi connectivity index (χ0n) is 12.0. The van der Waals surface area contributed by atoms with E-state index in [2.05, 4.69) is 10.3 Å². The van der Waals surface area contributed by atoms with Crippen LogP contribution in [0.2, 0.25) is 0 Å². The topological polar surface area (TPSA) is 59.1 Å². The van der Waals surface area contributed by atoms with E-state index >= 15 is 0 Å². The number of nitrogens with one attached hydrogen (secondary N) is 1. The van der Waals surface area contributed by atoms with Crippen molar-refractivity contribution in [3.05, 3.63) is 29.6 Å². The van der Waals surface area contributed by atoms with Crippen molar-refractivity contribution in [2.75, 3.05) is 6.54 Å². The lowest BCUT2D eigenvalue weighted by atomic mass is 9.87. The summed E-state index contributed by atoms with van der Waals surface area (Å²) in [6, 6.07) is 3.25. The highest BCUT2D eigenvalue weighted by atomic mass is 16.1. The molecular formula is C16H22N2O2. The lowest BCUT2D eigenvalue weighted by Gasteiger charge is -2.21. The first-order valence-corrected chi connectivity index (χ1v) is 7.42. The summed E-state index contributed by atoms with van der Waals surface area (Å²) in [6.45, 7) is 2.18. The zero-order valence-corrected chi connectivity index (χ0v) is 12.0. The van der Waals surface area contributed by atoms with E-state index in [1.807, 2.05) is 0 Å². The Balaban J connectivity index is 1.77. The van der Waals surface area contributed by atoms with Gasteiger partial charge in [0.2, 0.25) is 0 Å². The monoisotopic (exact) mass is 274 g/mol. The zero-order chi connectivity index (χ0) is 14.4. The molecule has 4 heteroatoms. The van der Waals surface area contributed by atoms with Crippen LogP contribution in [0.25, 0.3) is 0 Å². The highest BCUT2D eigenvalue weighted by molar-refractivity contribution is 5.96. The second-order valence-corrected chi connectivity index (χ2v) is 5.54. The first-order chi connectivity index (χ1) is 9.66. The fourth-order valence-electron chi connectivity index (χ4n) is 2.70. The normalized spacial score (nSPS) is 15.8. The second-order valence-electron chi connectivity index (χ2n) is 5.54. The average molecular weight is 274 g/mol. The van der Waals surface area contributed by atoms with Gasteiger partial charge in [0.05, 0.1) is 5.56 Å². The molecular weight excluding hydrogens is 252 g/mol. The van der Waals surface area contributed by atoms with E-state index in [-0.39, 0.29) is 11.7 Å². The molecule has 1 amide bonds. The lowest BCUT2D eigenvalue weighted by molar-refractivity contribution is 0.0947. The Morgan fingerprint density at radius 1 is 1.25 bits per heavy atom. The van der Waals surface area contributed by atoms with Crippen molar-refractivity contribution in [3.8, 4) is 0 Å². The number of Topliss-reactive ketones (excluding diaryl/α,β-unsaturated/α-hetero) is 1. The molecule has 0 radical (unpaired) electrons.